The molecular formula is C30H35N3O4. The summed E-state index contributed by atoms with van der Waals surface area (Å²) in [6.45, 7) is 7.11. The van der Waals surface area contributed by atoms with Crippen molar-refractivity contribution in [3.63, 3.8) is 0 Å². The van der Waals surface area contributed by atoms with Crippen molar-refractivity contribution >= 4 is 23.2 Å². The molecule has 1 unspecified atom stereocenters. The van der Waals surface area contributed by atoms with Gasteiger partial charge in [0.25, 0.3) is 11.8 Å². The van der Waals surface area contributed by atoms with Gasteiger partial charge in [-0.25, -0.2) is 0 Å². The van der Waals surface area contributed by atoms with Crippen molar-refractivity contribution < 1.29 is 19.1 Å². The molecule has 194 valence electrons. The molecule has 7 heteroatoms. The van der Waals surface area contributed by atoms with E-state index in [4.69, 9.17) is 9.47 Å². The van der Waals surface area contributed by atoms with Crippen LogP contribution >= 0.6 is 0 Å². The van der Waals surface area contributed by atoms with Crippen LogP contribution < -0.4 is 19.7 Å². The Balaban J connectivity index is 1.23. The number of rotatable bonds is 9. The predicted molar refractivity (Wildman–Crippen MR) is 147 cm³/mol. The minimum absolute atomic E-state index is 0.0362. The maximum absolute atomic E-state index is 12.8. The average molecular weight is 502 g/mol. The lowest BCUT2D eigenvalue weighted by Crippen LogP contribution is -2.48. The molecule has 0 bridgehead atoms. The normalized spacial score (nSPS) is 14.1. The van der Waals surface area contributed by atoms with Gasteiger partial charge in [0.1, 0.15) is 11.5 Å². The largest absolute Gasteiger partial charge is 0.497 e. The number of carbonyl (C=O) groups excluding carboxylic acids is 2. The third-order valence-corrected chi connectivity index (χ3v) is 6.85. The molecule has 3 aromatic rings. The van der Waals surface area contributed by atoms with Gasteiger partial charge < -0.3 is 24.6 Å². The maximum atomic E-state index is 12.8. The van der Waals surface area contributed by atoms with Crippen molar-refractivity contribution in [3.8, 4) is 11.5 Å². The Bertz CT molecular complexity index is 1170. The van der Waals surface area contributed by atoms with Crippen molar-refractivity contribution in [2.24, 2.45) is 0 Å². The van der Waals surface area contributed by atoms with Gasteiger partial charge in [-0.15, -0.1) is 0 Å². The zero-order valence-electron chi connectivity index (χ0n) is 21.8. The predicted octanol–water partition coefficient (Wildman–Crippen LogP) is 5.19. The number of anilines is 2. The van der Waals surface area contributed by atoms with E-state index in [0.717, 1.165) is 36.6 Å². The average Bonchev–Trinajstić information content (AvgIpc) is 2.96. The van der Waals surface area contributed by atoms with Gasteiger partial charge in [0, 0.05) is 43.1 Å². The molecule has 7 nitrogen and oxygen atoms in total. The quantitative estimate of drug-likeness (QED) is 0.437. The minimum atomic E-state index is -0.204. The molecule has 1 atom stereocenters. The number of nitrogens with zero attached hydrogens (tertiary/aromatic N) is 2. The highest BCUT2D eigenvalue weighted by Crippen LogP contribution is 2.23. The number of carbonyl (C=O) groups is 2. The molecule has 1 fully saturated rings. The van der Waals surface area contributed by atoms with Crippen molar-refractivity contribution in [1.29, 1.82) is 0 Å². The number of nitrogens with one attached hydrogen (secondary N) is 1. The maximum Gasteiger partial charge on any atom is 0.262 e. The fourth-order valence-corrected chi connectivity index (χ4v) is 4.31. The second-order valence-electron chi connectivity index (χ2n) is 9.27. The monoisotopic (exact) mass is 501 g/mol. The van der Waals surface area contributed by atoms with Crippen molar-refractivity contribution in [3.05, 3.63) is 83.9 Å². The van der Waals surface area contributed by atoms with E-state index in [9.17, 15) is 9.59 Å². The molecule has 1 aliphatic rings. The highest BCUT2D eigenvalue weighted by molar-refractivity contribution is 5.94. The fraction of sp³-hybridized carbons (Fsp3) is 0.333. The van der Waals surface area contributed by atoms with Crippen molar-refractivity contribution in [1.82, 2.24) is 4.90 Å². The lowest BCUT2D eigenvalue weighted by atomic mass is 9.99. The van der Waals surface area contributed by atoms with Crippen LogP contribution in [0.1, 0.15) is 42.1 Å². The Morgan fingerprint density at radius 1 is 0.865 bits per heavy atom. The van der Waals surface area contributed by atoms with Crippen LogP contribution in [0.25, 0.3) is 0 Å². The molecule has 0 spiro atoms. The molecule has 1 saturated heterocycles. The standard InChI is InChI=1S/C30H35N3O4/c1-4-22(2)23-5-15-28(16-6-23)37-21-29(34)31-25-9-11-26(12-10-25)32-17-19-33(20-18-32)30(35)24-7-13-27(36-3)14-8-24/h5-16,22H,4,17-21H2,1-3H3,(H,31,34). The lowest BCUT2D eigenvalue weighted by Gasteiger charge is -2.36. The van der Waals surface area contributed by atoms with Gasteiger partial charge in [-0.1, -0.05) is 26.0 Å². The first kappa shape index (κ1) is 26.1. The van der Waals surface area contributed by atoms with Crippen LogP contribution in [0.3, 0.4) is 0 Å². The summed E-state index contributed by atoms with van der Waals surface area (Å²) >= 11 is 0. The van der Waals surface area contributed by atoms with E-state index in [0.29, 0.717) is 30.3 Å². The first-order valence-corrected chi connectivity index (χ1v) is 12.8. The molecule has 37 heavy (non-hydrogen) atoms. The molecule has 4 rings (SSSR count). The number of hydrogen-bond donors (Lipinski definition) is 1. The molecule has 0 radical (unpaired) electrons. The van der Waals surface area contributed by atoms with Crippen LogP contribution in [0.2, 0.25) is 0 Å². The third-order valence-electron chi connectivity index (χ3n) is 6.85. The Hall–Kier alpha value is -4.00. The molecule has 1 N–H and O–H groups in total. The van der Waals surface area contributed by atoms with E-state index >= 15 is 0 Å². The Labute approximate surface area is 219 Å². The fourth-order valence-electron chi connectivity index (χ4n) is 4.31. The number of piperazine rings is 1. The summed E-state index contributed by atoms with van der Waals surface area (Å²) in [5, 5.41) is 2.89. The molecular weight excluding hydrogens is 466 g/mol. The molecule has 0 aliphatic carbocycles. The van der Waals surface area contributed by atoms with Gasteiger partial charge in [0.05, 0.1) is 7.11 Å². The van der Waals surface area contributed by atoms with Crippen LogP contribution in [-0.2, 0) is 4.79 Å². The zero-order valence-corrected chi connectivity index (χ0v) is 21.8. The van der Waals surface area contributed by atoms with E-state index in [2.05, 4.69) is 36.2 Å². The van der Waals surface area contributed by atoms with Gasteiger partial charge in [-0.3, -0.25) is 9.59 Å². The highest BCUT2D eigenvalue weighted by atomic mass is 16.5. The van der Waals surface area contributed by atoms with E-state index < -0.39 is 0 Å². The number of amides is 2. The molecule has 3 aromatic carbocycles. The van der Waals surface area contributed by atoms with Gasteiger partial charge in [-0.2, -0.15) is 0 Å². The van der Waals surface area contributed by atoms with Crippen LogP contribution in [0.15, 0.2) is 72.8 Å². The highest BCUT2D eigenvalue weighted by Gasteiger charge is 2.22. The molecule has 0 aromatic heterocycles. The van der Waals surface area contributed by atoms with Crippen LogP contribution in [0.4, 0.5) is 11.4 Å². The summed E-state index contributed by atoms with van der Waals surface area (Å²) in [6, 6.07) is 22.9. The summed E-state index contributed by atoms with van der Waals surface area (Å²) in [4.78, 5) is 29.3. The summed E-state index contributed by atoms with van der Waals surface area (Å²) in [5.41, 5.74) is 3.72. The van der Waals surface area contributed by atoms with Crippen molar-refractivity contribution in [2.75, 3.05) is 50.1 Å². The summed E-state index contributed by atoms with van der Waals surface area (Å²) < 4.78 is 10.8. The first-order valence-electron chi connectivity index (χ1n) is 12.8. The summed E-state index contributed by atoms with van der Waals surface area (Å²) in [7, 11) is 1.61. The van der Waals surface area contributed by atoms with Gasteiger partial charge >= 0.3 is 0 Å². The van der Waals surface area contributed by atoms with Crippen LogP contribution in [0, 0.1) is 0 Å². The summed E-state index contributed by atoms with van der Waals surface area (Å²) in [6.07, 6.45) is 1.09. The number of hydrogen-bond acceptors (Lipinski definition) is 5. The van der Waals surface area contributed by atoms with E-state index in [-0.39, 0.29) is 18.4 Å². The van der Waals surface area contributed by atoms with E-state index in [1.54, 1.807) is 31.4 Å². The van der Waals surface area contributed by atoms with E-state index in [1.165, 1.54) is 5.56 Å². The number of ether oxygens (including phenoxy) is 2. The Morgan fingerprint density at radius 3 is 2.08 bits per heavy atom. The molecule has 0 saturated carbocycles. The Kier molecular flexibility index (Phi) is 8.67. The Morgan fingerprint density at radius 2 is 1.49 bits per heavy atom. The topological polar surface area (TPSA) is 71.1 Å². The molecule has 2 amide bonds. The second-order valence-corrected chi connectivity index (χ2v) is 9.27. The van der Waals surface area contributed by atoms with Crippen LogP contribution in [-0.4, -0.2) is 56.6 Å². The van der Waals surface area contributed by atoms with E-state index in [1.807, 2.05) is 41.3 Å². The third kappa shape index (κ3) is 6.82. The SMILES string of the molecule is CCC(C)c1ccc(OCC(=O)Nc2ccc(N3CCN(C(=O)c4ccc(OC)cc4)CC3)cc2)cc1. The smallest absolute Gasteiger partial charge is 0.262 e. The van der Waals surface area contributed by atoms with Gasteiger partial charge in [-0.05, 0) is 78.6 Å². The first-order chi connectivity index (χ1) is 18.0. The van der Waals surface area contributed by atoms with Crippen molar-refractivity contribution in [2.45, 2.75) is 26.2 Å². The van der Waals surface area contributed by atoms with Crippen LogP contribution in [0.5, 0.6) is 11.5 Å². The zero-order chi connectivity index (χ0) is 26.2. The summed E-state index contributed by atoms with van der Waals surface area (Å²) in [5.74, 6) is 1.76. The van der Waals surface area contributed by atoms with Gasteiger partial charge in [0.2, 0.25) is 0 Å². The lowest BCUT2D eigenvalue weighted by molar-refractivity contribution is -0.118. The second kappa shape index (κ2) is 12.3. The minimum Gasteiger partial charge on any atom is -0.497 e. The molecule has 1 heterocycles. The number of methoxy groups -OCH3 is 1. The van der Waals surface area contributed by atoms with Gasteiger partial charge in [0.15, 0.2) is 6.61 Å². The molecule has 1 aliphatic heterocycles. The number of benzene rings is 3.